The van der Waals surface area contributed by atoms with E-state index in [9.17, 15) is 4.79 Å². The smallest absolute Gasteiger partial charge is 0.252 e. The lowest BCUT2D eigenvalue weighted by molar-refractivity contribution is 0.557. The Kier molecular flexibility index (Phi) is 5.39. The van der Waals surface area contributed by atoms with Crippen LogP contribution in [0.15, 0.2) is 59.9 Å². The SMILES string of the molecule is C[C@H]1C[C@@H](c2ncc(-c3ccnc(C#N)c3)[nH]2)n2c1cc(-c1c(-n3cnnn3)ccc(Cl)c1F)cc2=O. The first-order valence-electron chi connectivity index (χ1n) is 11.3. The van der Waals surface area contributed by atoms with Crippen molar-refractivity contribution >= 4 is 11.6 Å². The van der Waals surface area contributed by atoms with Crippen molar-refractivity contribution in [2.24, 2.45) is 0 Å². The third-order valence-electron chi connectivity index (χ3n) is 6.55. The number of H-pyrrole nitrogens is 1. The summed E-state index contributed by atoms with van der Waals surface area (Å²) in [5.41, 5.74) is 3.13. The van der Waals surface area contributed by atoms with Crippen LogP contribution in [0.3, 0.4) is 0 Å². The van der Waals surface area contributed by atoms with Crippen LogP contribution in [0.1, 0.15) is 42.5 Å². The molecule has 0 amide bonds. The average Bonchev–Trinajstić information content (AvgIpc) is 3.66. The maximum Gasteiger partial charge on any atom is 0.252 e. The topological polar surface area (TPSA) is 131 Å². The molecule has 1 aromatic carbocycles. The number of nitrogens with one attached hydrogen (secondary N) is 1. The first kappa shape index (κ1) is 22.8. The Balaban J connectivity index is 1.44. The van der Waals surface area contributed by atoms with Crippen molar-refractivity contribution in [2.45, 2.75) is 25.3 Å². The van der Waals surface area contributed by atoms with E-state index in [-0.39, 0.29) is 28.1 Å². The Bertz CT molecular complexity index is 1750. The van der Waals surface area contributed by atoms with Crippen LogP contribution in [0.25, 0.3) is 28.1 Å². The molecule has 0 fully saturated rings. The largest absolute Gasteiger partial charge is 0.340 e. The first-order chi connectivity index (χ1) is 17.9. The van der Waals surface area contributed by atoms with E-state index in [2.05, 4.69) is 30.5 Å². The van der Waals surface area contributed by atoms with E-state index in [0.29, 0.717) is 34.9 Å². The fourth-order valence-electron chi connectivity index (χ4n) is 4.84. The van der Waals surface area contributed by atoms with Crippen LogP contribution in [0.2, 0.25) is 5.02 Å². The quantitative estimate of drug-likeness (QED) is 0.383. The molecule has 12 heteroatoms. The molecule has 0 saturated carbocycles. The number of tetrazole rings is 1. The van der Waals surface area contributed by atoms with E-state index in [1.165, 1.54) is 23.1 Å². The van der Waals surface area contributed by atoms with Crippen molar-refractivity contribution in [1.29, 1.82) is 5.26 Å². The number of benzene rings is 1. The molecule has 5 heterocycles. The van der Waals surface area contributed by atoms with Gasteiger partial charge in [0.05, 0.1) is 28.6 Å². The highest BCUT2D eigenvalue weighted by atomic mass is 35.5. The minimum absolute atomic E-state index is 0.00366. The number of nitriles is 1. The standard InChI is InChI=1S/C25H17ClFN9O/c1-13-6-21(25-30-11-18(32-25)14-4-5-29-16(7-14)10-28)36-20(13)8-15(9-22(36)37)23-19(35-12-31-33-34-35)3-2-17(26)24(23)27/h2-5,7-9,11-13,21H,6H2,1H3,(H,30,32)/t13-,21-/m0/s1. The summed E-state index contributed by atoms with van der Waals surface area (Å²) in [5.74, 6) is -0.0453. The number of nitrogens with zero attached hydrogens (tertiary/aromatic N) is 8. The molecule has 1 aliphatic heterocycles. The fraction of sp³-hybridized carbons (Fsp3) is 0.160. The molecule has 0 radical (unpaired) electrons. The van der Waals surface area contributed by atoms with Gasteiger partial charge in [-0.1, -0.05) is 18.5 Å². The van der Waals surface area contributed by atoms with Gasteiger partial charge >= 0.3 is 0 Å². The van der Waals surface area contributed by atoms with Crippen molar-refractivity contribution < 1.29 is 4.39 Å². The van der Waals surface area contributed by atoms with Gasteiger partial charge in [-0.15, -0.1) is 5.10 Å². The predicted molar refractivity (Wildman–Crippen MR) is 132 cm³/mol. The highest BCUT2D eigenvalue weighted by Crippen LogP contribution is 2.40. The highest BCUT2D eigenvalue weighted by Gasteiger charge is 2.33. The molecule has 0 saturated heterocycles. The number of imidazole rings is 1. The van der Waals surface area contributed by atoms with E-state index in [4.69, 9.17) is 16.9 Å². The summed E-state index contributed by atoms with van der Waals surface area (Å²) in [5, 5.41) is 20.2. The number of hydrogen-bond donors (Lipinski definition) is 1. The second-order valence-electron chi connectivity index (χ2n) is 8.76. The van der Waals surface area contributed by atoms with Crippen molar-refractivity contribution in [1.82, 2.24) is 39.7 Å². The van der Waals surface area contributed by atoms with Gasteiger partial charge in [0.1, 0.15) is 23.9 Å². The molecule has 5 aromatic rings. The Hall–Kier alpha value is -4.69. The molecule has 4 aromatic heterocycles. The van der Waals surface area contributed by atoms with Gasteiger partial charge < -0.3 is 9.55 Å². The van der Waals surface area contributed by atoms with Crippen LogP contribution in [0.5, 0.6) is 0 Å². The van der Waals surface area contributed by atoms with Gasteiger partial charge in [0.2, 0.25) is 0 Å². The van der Waals surface area contributed by atoms with Crippen LogP contribution in [-0.2, 0) is 0 Å². The molecule has 10 nitrogen and oxygen atoms in total. The van der Waals surface area contributed by atoms with Crippen molar-refractivity contribution in [3.8, 4) is 34.1 Å². The fourth-order valence-corrected chi connectivity index (χ4v) is 5.00. The predicted octanol–water partition coefficient (Wildman–Crippen LogP) is 4.04. The molecule has 1 aliphatic rings. The van der Waals surface area contributed by atoms with E-state index in [1.54, 1.807) is 41.2 Å². The van der Waals surface area contributed by atoms with Gasteiger partial charge in [-0.05, 0) is 58.7 Å². The molecule has 182 valence electrons. The van der Waals surface area contributed by atoms with Crippen molar-refractivity contribution in [2.75, 3.05) is 0 Å². The lowest BCUT2D eigenvalue weighted by Crippen LogP contribution is -2.24. The number of aromatic amines is 1. The average molecular weight is 514 g/mol. The molecule has 6 rings (SSSR count). The van der Waals surface area contributed by atoms with E-state index >= 15 is 4.39 Å². The number of hydrogen-bond acceptors (Lipinski definition) is 7. The maximum absolute atomic E-state index is 15.3. The molecular weight excluding hydrogens is 497 g/mol. The minimum atomic E-state index is -0.661. The summed E-state index contributed by atoms with van der Waals surface area (Å²) in [6.07, 6.45) is 5.21. The Morgan fingerprint density at radius 3 is 2.84 bits per heavy atom. The minimum Gasteiger partial charge on any atom is -0.340 e. The lowest BCUT2D eigenvalue weighted by Gasteiger charge is -2.16. The summed E-state index contributed by atoms with van der Waals surface area (Å²) < 4.78 is 18.3. The molecule has 2 atom stereocenters. The molecule has 0 aliphatic carbocycles. The van der Waals surface area contributed by atoms with E-state index in [0.717, 1.165) is 11.3 Å². The zero-order chi connectivity index (χ0) is 25.7. The molecule has 0 bridgehead atoms. The van der Waals surface area contributed by atoms with Crippen LogP contribution >= 0.6 is 11.6 Å². The molecule has 37 heavy (non-hydrogen) atoms. The van der Waals surface area contributed by atoms with E-state index in [1.807, 2.05) is 13.0 Å². The highest BCUT2D eigenvalue weighted by molar-refractivity contribution is 6.31. The van der Waals surface area contributed by atoms with E-state index < -0.39 is 5.82 Å². The summed E-state index contributed by atoms with van der Waals surface area (Å²) in [4.78, 5) is 25.3. The monoisotopic (exact) mass is 513 g/mol. The Labute approximate surface area is 214 Å². The molecule has 0 spiro atoms. The van der Waals surface area contributed by atoms with Crippen LogP contribution < -0.4 is 5.56 Å². The van der Waals surface area contributed by atoms with Crippen molar-refractivity contribution in [3.05, 3.63) is 93.5 Å². The third kappa shape index (κ3) is 3.78. The van der Waals surface area contributed by atoms with Gasteiger partial charge in [-0.2, -0.15) is 9.94 Å². The first-order valence-corrected chi connectivity index (χ1v) is 11.7. The summed E-state index contributed by atoms with van der Waals surface area (Å²) in [7, 11) is 0. The Morgan fingerprint density at radius 2 is 2.05 bits per heavy atom. The molecular formula is C25H17ClFN9O. The van der Waals surface area contributed by atoms with Gasteiger partial charge in [0.25, 0.3) is 5.56 Å². The van der Waals surface area contributed by atoms with Crippen LogP contribution in [0, 0.1) is 17.1 Å². The third-order valence-corrected chi connectivity index (χ3v) is 6.84. The zero-order valence-corrected chi connectivity index (χ0v) is 20.1. The molecule has 1 N–H and O–H groups in total. The number of fused-ring (bicyclic) bond motifs is 1. The van der Waals surface area contributed by atoms with Gasteiger partial charge in [0.15, 0.2) is 5.82 Å². The summed E-state index contributed by atoms with van der Waals surface area (Å²) in [6.45, 7) is 2.01. The number of halogens is 2. The van der Waals surface area contributed by atoms with Crippen LogP contribution in [-0.4, -0.2) is 39.7 Å². The van der Waals surface area contributed by atoms with Gasteiger partial charge in [0, 0.05) is 29.1 Å². The number of aromatic nitrogens is 8. The Morgan fingerprint density at radius 1 is 1.19 bits per heavy atom. The van der Waals surface area contributed by atoms with Crippen LogP contribution in [0.4, 0.5) is 4.39 Å². The van der Waals surface area contributed by atoms with Crippen molar-refractivity contribution in [3.63, 3.8) is 0 Å². The number of pyridine rings is 2. The number of rotatable bonds is 4. The second-order valence-corrected chi connectivity index (χ2v) is 9.17. The van der Waals surface area contributed by atoms with Gasteiger partial charge in [-0.3, -0.25) is 4.79 Å². The summed E-state index contributed by atoms with van der Waals surface area (Å²) >= 11 is 6.10. The lowest BCUT2D eigenvalue weighted by atomic mass is 9.99. The molecule has 0 unspecified atom stereocenters. The maximum atomic E-state index is 15.3. The second kappa shape index (κ2) is 8.76. The van der Waals surface area contributed by atoms with Gasteiger partial charge in [-0.25, -0.2) is 14.4 Å². The zero-order valence-electron chi connectivity index (χ0n) is 19.3. The summed E-state index contributed by atoms with van der Waals surface area (Å²) in [6, 6.07) is 11.4. The normalized spacial score (nSPS) is 16.5.